The Kier molecular flexibility index (Phi) is 3.83. The Hall–Kier alpha value is -2.08. The lowest BCUT2D eigenvalue weighted by atomic mass is 9.90. The summed E-state index contributed by atoms with van der Waals surface area (Å²) in [7, 11) is 0. The summed E-state index contributed by atoms with van der Waals surface area (Å²) in [6.45, 7) is 7.38. The molecule has 2 aromatic rings. The molecule has 1 aromatic heterocycles. The smallest absolute Gasteiger partial charge is 0.412 e. The molecule has 1 aliphatic rings. The summed E-state index contributed by atoms with van der Waals surface area (Å²) < 4.78 is 19.3. The third kappa shape index (κ3) is 2.28. The zero-order valence-corrected chi connectivity index (χ0v) is 14.4. The van der Waals surface area contributed by atoms with Crippen LogP contribution in [0.2, 0.25) is 0 Å². The molecule has 2 atom stereocenters. The molecular weight excluding hydrogens is 311 g/mol. The number of halogens is 1. The molecule has 2 N–H and O–H groups in total. The van der Waals surface area contributed by atoms with E-state index in [-0.39, 0.29) is 5.82 Å². The van der Waals surface area contributed by atoms with Crippen molar-refractivity contribution in [3.8, 4) is 0 Å². The van der Waals surface area contributed by atoms with Crippen molar-refractivity contribution < 1.29 is 19.0 Å². The monoisotopic (exact) mass is 334 g/mol. The van der Waals surface area contributed by atoms with Crippen LogP contribution in [0.3, 0.4) is 0 Å². The number of aromatic amines is 1. The molecule has 1 aromatic carbocycles. The Balaban J connectivity index is 1.88. The standard InChI is InChI=1S/C18H23FN2O3/c1-5-17(3)18(4,23)21(16(22)24-17)10-9-12-11(2)20-15-13(12)7-6-8-14(15)19/h6-8,20,23H,5,9-10H2,1-4H3. The zero-order valence-electron chi connectivity index (χ0n) is 14.4. The molecule has 0 saturated carbocycles. The molecule has 1 fully saturated rings. The van der Waals surface area contributed by atoms with E-state index in [0.717, 1.165) is 16.6 Å². The van der Waals surface area contributed by atoms with E-state index in [4.69, 9.17) is 4.74 Å². The van der Waals surface area contributed by atoms with Crippen LogP contribution < -0.4 is 0 Å². The minimum atomic E-state index is -1.38. The minimum Gasteiger partial charge on any atom is -0.438 e. The number of hydrogen-bond donors (Lipinski definition) is 2. The van der Waals surface area contributed by atoms with Gasteiger partial charge < -0.3 is 14.8 Å². The van der Waals surface area contributed by atoms with Gasteiger partial charge in [-0.25, -0.2) is 9.18 Å². The number of aromatic nitrogens is 1. The van der Waals surface area contributed by atoms with Crippen molar-refractivity contribution in [2.45, 2.75) is 51.9 Å². The average molecular weight is 334 g/mol. The number of amides is 1. The van der Waals surface area contributed by atoms with Crippen LogP contribution in [0.5, 0.6) is 0 Å². The Morgan fingerprint density at radius 1 is 1.38 bits per heavy atom. The molecule has 0 bridgehead atoms. The molecule has 130 valence electrons. The molecular formula is C18H23FN2O3. The summed E-state index contributed by atoms with van der Waals surface area (Å²) >= 11 is 0. The fourth-order valence-electron chi connectivity index (χ4n) is 3.44. The summed E-state index contributed by atoms with van der Waals surface area (Å²) in [5, 5.41) is 11.6. The van der Waals surface area contributed by atoms with Gasteiger partial charge in [-0.2, -0.15) is 0 Å². The number of para-hydroxylation sites is 1. The number of fused-ring (bicyclic) bond motifs is 1. The first-order chi connectivity index (χ1) is 11.2. The van der Waals surface area contributed by atoms with Crippen LogP contribution in [0.15, 0.2) is 18.2 Å². The molecule has 0 radical (unpaired) electrons. The van der Waals surface area contributed by atoms with E-state index >= 15 is 0 Å². The molecule has 1 amide bonds. The minimum absolute atomic E-state index is 0.297. The van der Waals surface area contributed by atoms with Crippen molar-refractivity contribution in [2.75, 3.05) is 6.54 Å². The van der Waals surface area contributed by atoms with Gasteiger partial charge in [0, 0.05) is 17.6 Å². The van der Waals surface area contributed by atoms with E-state index in [1.807, 2.05) is 19.9 Å². The van der Waals surface area contributed by atoms with E-state index in [1.54, 1.807) is 19.9 Å². The number of rotatable bonds is 4. The second-order valence-electron chi connectivity index (χ2n) is 6.77. The molecule has 24 heavy (non-hydrogen) atoms. The Bertz CT molecular complexity index is 799. The third-order valence-electron chi connectivity index (χ3n) is 5.42. The molecule has 5 nitrogen and oxygen atoms in total. The fraction of sp³-hybridized carbons (Fsp3) is 0.500. The maximum Gasteiger partial charge on any atom is 0.412 e. The van der Waals surface area contributed by atoms with Crippen LogP contribution in [0.25, 0.3) is 10.9 Å². The van der Waals surface area contributed by atoms with Crippen molar-refractivity contribution in [3.05, 3.63) is 35.3 Å². The van der Waals surface area contributed by atoms with Gasteiger partial charge >= 0.3 is 6.09 Å². The normalized spacial score (nSPS) is 27.1. The lowest BCUT2D eigenvalue weighted by Gasteiger charge is -2.36. The van der Waals surface area contributed by atoms with Gasteiger partial charge in [0.15, 0.2) is 11.3 Å². The zero-order chi connectivity index (χ0) is 17.7. The molecule has 2 unspecified atom stereocenters. The van der Waals surface area contributed by atoms with Crippen molar-refractivity contribution in [2.24, 2.45) is 0 Å². The second kappa shape index (κ2) is 5.48. The van der Waals surface area contributed by atoms with Crippen molar-refractivity contribution in [3.63, 3.8) is 0 Å². The van der Waals surface area contributed by atoms with Gasteiger partial charge in [0.25, 0.3) is 0 Å². The van der Waals surface area contributed by atoms with Crippen LogP contribution >= 0.6 is 0 Å². The van der Waals surface area contributed by atoms with Gasteiger partial charge in [-0.3, -0.25) is 4.90 Å². The first-order valence-corrected chi connectivity index (χ1v) is 8.20. The van der Waals surface area contributed by atoms with E-state index in [2.05, 4.69) is 4.98 Å². The average Bonchev–Trinajstić information content (AvgIpc) is 2.92. The number of H-pyrrole nitrogens is 1. The molecule has 6 heteroatoms. The lowest BCUT2D eigenvalue weighted by molar-refractivity contribution is -0.137. The van der Waals surface area contributed by atoms with E-state index < -0.39 is 17.4 Å². The maximum absolute atomic E-state index is 13.9. The number of cyclic esters (lactones) is 1. The van der Waals surface area contributed by atoms with Gasteiger partial charge in [0.2, 0.25) is 0 Å². The van der Waals surface area contributed by atoms with Gasteiger partial charge in [0.05, 0.1) is 5.52 Å². The number of nitrogens with zero attached hydrogens (tertiary/aromatic N) is 1. The summed E-state index contributed by atoms with van der Waals surface area (Å²) in [5.41, 5.74) is -0.0480. The molecule has 0 spiro atoms. The van der Waals surface area contributed by atoms with Crippen LogP contribution in [-0.4, -0.2) is 39.0 Å². The number of hydrogen-bond acceptors (Lipinski definition) is 3. The molecule has 2 heterocycles. The Morgan fingerprint density at radius 3 is 2.71 bits per heavy atom. The highest BCUT2D eigenvalue weighted by Crippen LogP contribution is 2.39. The number of aliphatic hydroxyl groups is 1. The summed E-state index contributed by atoms with van der Waals surface area (Å²) in [6, 6.07) is 4.94. The van der Waals surface area contributed by atoms with Crippen LogP contribution in [-0.2, 0) is 11.2 Å². The van der Waals surface area contributed by atoms with Gasteiger partial charge in [-0.15, -0.1) is 0 Å². The third-order valence-corrected chi connectivity index (χ3v) is 5.42. The van der Waals surface area contributed by atoms with E-state index in [9.17, 15) is 14.3 Å². The highest BCUT2D eigenvalue weighted by atomic mass is 19.1. The summed E-state index contributed by atoms with van der Waals surface area (Å²) in [6.07, 6.45) is 0.493. The van der Waals surface area contributed by atoms with Crippen molar-refractivity contribution in [1.82, 2.24) is 9.88 Å². The van der Waals surface area contributed by atoms with E-state index in [0.29, 0.717) is 24.9 Å². The SMILES string of the molecule is CCC1(C)OC(=O)N(CCc2c(C)[nH]c3c(F)cccc23)C1(C)O. The summed E-state index contributed by atoms with van der Waals surface area (Å²) in [5.74, 6) is -0.298. The van der Waals surface area contributed by atoms with Gasteiger partial charge in [0.1, 0.15) is 5.82 Å². The van der Waals surface area contributed by atoms with Crippen LogP contribution in [0.1, 0.15) is 38.4 Å². The fourth-order valence-corrected chi connectivity index (χ4v) is 3.44. The number of carbonyl (C=O) groups is 1. The number of nitrogens with one attached hydrogen (secondary N) is 1. The number of carbonyl (C=O) groups excluding carboxylic acids is 1. The largest absolute Gasteiger partial charge is 0.438 e. The molecule has 0 aliphatic carbocycles. The summed E-state index contributed by atoms with van der Waals surface area (Å²) in [4.78, 5) is 16.6. The predicted octanol–water partition coefficient (Wildman–Crippen LogP) is 3.49. The first-order valence-electron chi connectivity index (χ1n) is 8.20. The van der Waals surface area contributed by atoms with Crippen LogP contribution in [0.4, 0.5) is 9.18 Å². The highest BCUT2D eigenvalue weighted by molar-refractivity contribution is 5.85. The first kappa shape index (κ1) is 16.8. The van der Waals surface area contributed by atoms with Gasteiger partial charge in [-0.05, 0) is 45.2 Å². The van der Waals surface area contributed by atoms with E-state index in [1.165, 1.54) is 11.0 Å². The molecule has 3 rings (SSSR count). The van der Waals surface area contributed by atoms with Gasteiger partial charge in [-0.1, -0.05) is 19.1 Å². The Labute approximate surface area is 140 Å². The van der Waals surface area contributed by atoms with Crippen molar-refractivity contribution in [1.29, 1.82) is 0 Å². The predicted molar refractivity (Wildman–Crippen MR) is 89.2 cm³/mol. The second-order valence-corrected chi connectivity index (χ2v) is 6.77. The highest BCUT2D eigenvalue weighted by Gasteiger charge is 2.58. The Morgan fingerprint density at radius 2 is 2.08 bits per heavy atom. The molecule has 1 saturated heterocycles. The topological polar surface area (TPSA) is 65.6 Å². The lowest BCUT2D eigenvalue weighted by Crippen LogP contribution is -2.55. The molecule has 1 aliphatic heterocycles. The number of aryl methyl sites for hydroxylation is 1. The van der Waals surface area contributed by atoms with Crippen molar-refractivity contribution >= 4 is 17.0 Å². The number of ether oxygens (including phenoxy) is 1. The number of benzene rings is 1. The maximum atomic E-state index is 13.9. The quantitative estimate of drug-likeness (QED) is 0.899. The van der Waals surface area contributed by atoms with Crippen LogP contribution in [0, 0.1) is 12.7 Å².